The molecule has 46 heavy (non-hydrogen) atoms. The van der Waals surface area contributed by atoms with E-state index in [0.717, 1.165) is 38.5 Å². The summed E-state index contributed by atoms with van der Waals surface area (Å²) >= 11 is 0. The second-order valence-corrected chi connectivity index (χ2v) is 15.4. The standard InChI is InChI=1S/C37H73N2O6P/c1-6-8-10-12-14-15-16-17-18-19-20-21-22-23-24-25-26-28-30-36(40)35(38-37(41)31-29-27-13-11-9-7-2)34-45-46(42,43)44-33-32-39(3,4)5/h23-24,28,30,35-36,40H,6-22,25-27,29,31-34H2,1-5H3,(H-,38,41,42,43)/p+1/b24-23+,30-28+. The van der Waals surface area contributed by atoms with E-state index in [1.165, 1.54) is 96.3 Å². The second kappa shape index (κ2) is 30.1. The van der Waals surface area contributed by atoms with E-state index in [-0.39, 0.29) is 19.1 Å². The van der Waals surface area contributed by atoms with Gasteiger partial charge in [0.25, 0.3) is 0 Å². The van der Waals surface area contributed by atoms with E-state index in [1.54, 1.807) is 6.08 Å². The predicted octanol–water partition coefficient (Wildman–Crippen LogP) is 9.41. The van der Waals surface area contributed by atoms with E-state index >= 15 is 0 Å². The van der Waals surface area contributed by atoms with Crippen molar-refractivity contribution >= 4 is 13.7 Å². The normalized spacial score (nSPS) is 15.0. The van der Waals surface area contributed by atoms with Crippen LogP contribution in [0.5, 0.6) is 0 Å². The first-order valence-electron chi connectivity index (χ1n) is 18.7. The summed E-state index contributed by atoms with van der Waals surface area (Å²) in [5.74, 6) is -0.198. The Labute approximate surface area is 284 Å². The molecule has 0 saturated carbocycles. The van der Waals surface area contributed by atoms with Gasteiger partial charge >= 0.3 is 7.82 Å². The molecule has 0 rings (SSSR count). The fourth-order valence-corrected chi connectivity index (χ4v) is 5.85. The fourth-order valence-electron chi connectivity index (χ4n) is 5.11. The highest BCUT2D eigenvalue weighted by Gasteiger charge is 2.27. The van der Waals surface area contributed by atoms with Crippen molar-refractivity contribution in [3.8, 4) is 0 Å². The number of nitrogens with one attached hydrogen (secondary N) is 1. The summed E-state index contributed by atoms with van der Waals surface area (Å²) in [7, 11) is 1.55. The molecule has 0 spiro atoms. The minimum absolute atomic E-state index is 0.0572. The first kappa shape index (κ1) is 45.0. The molecule has 0 aromatic rings. The van der Waals surface area contributed by atoms with Gasteiger partial charge in [-0.3, -0.25) is 13.8 Å². The van der Waals surface area contributed by atoms with Crippen molar-refractivity contribution in [1.29, 1.82) is 0 Å². The Morgan fingerprint density at radius 2 is 1.20 bits per heavy atom. The fraction of sp³-hybridized carbons (Fsp3) is 0.865. The number of aliphatic hydroxyl groups is 1. The minimum atomic E-state index is -4.32. The number of quaternary nitrogens is 1. The first-order chi connectivity index (χ1) is 22.0. The third-order valence-corrected chi connectivity index (χ3v) is 9.16. The topological polar surface area (TPSA) is 105 Å². The highest BCUT2D eigenvalue weighted by molar-refractivity contribution is 7.47. The molecule has 0 aromatic carbocycles. The third-order valence-electron chi connectivity index (χ3n) is 8.17. The lowest BCUT2D eigenvalue weighted by Gasteiger charge is -2.25. The molecule has 3 unspecified atom stereocenters. The number of nitrogens with zero attached hydrogens (tertiary/aromatic N) is 1. The number of hydrogen-bond donors (Lipinski definition) is 3. The molecule has 3 atom stereocenters. The molecule has 1 amide bonds. The van der Waals surface area contributed by atoms with Crippen molar-refractivity contribution in [2.24, 2.45) is 0 Å². The van der Waals surface area contributed by atoms with Gasteiger partial charge in [0.2, 0.25) is 5.91 Å². The van der Waals surface area contributed by atoms with Crippen LogP contribution in [0.4, 0.5) is 0 Å². The van der Waals surface area contributed by atoms with E-state index in [9.17, 15) is 19.4 Å². The van der Waals surface area contributed by atoms with Gasteiger partial charge in [-0.15, -0.1) is 0 Å². The SMILES string of the molecule is CCCCCCCCCCCCCC/C=C/CC/C=C/C(O)C(COP(=O)(O)OCC[N+](C)(C)C)NC(=O)CCCCCCCC. The number of amides is 1. The molecule has 0 heterocycles. The van der Waals surface area contributed by atoms with E-state index in [1.807, 2.05) is 27.2 Å². The number of carbonyl (C=O) groups is 1. The van der Waals surface area contributed by atoms with Crippen molar-refractivity contribution in [1.82, 2.24) is 5.32 Å². The summed E-state index contributed by atoms with van der Waals surface area (Å²) < 4.78 is 23.3. The number of unbranched alkanes of at least 4 members (excludes halogenated alkanes) is 18. The Morgan fingerprint density at radius 1 is 0.717 bits per heavy atom. The Hall–Kier alpha value is -1.02. The summed E-state index contributed by atoms with van der Waals surface area (Å²) in [4.78, 5) is 22.8. The van der Waals surface area contributed by atoms with Crippen LogP contribution in [0.1, 0.15) is 155 Å². The molecular formula is C37H74N2O6P+. The van der Waals surface area contributed by atoms with Crippen LogP contribution < -0.4 is 5.32 Å². The van der Waals surface area contributed by atoms with Crippen molar-refractivity contribution in [2.75, 3.05) is 40.9 Å². The Morgan fingerprint density at radius 3 is 1.74 bits per heavy atom. The van der Waals surface area contributed by atoms with Crippen molar-refractivity contribution in [2.45, 2.75) is 167 Å². The molecular weight excluding hydrogens is 599 g/mol. The maximum Gasteiger partial charge on any atom is 0.472 e. The van der Waals surface area contributed by atoms with Gasteiger partial charge in [0.1, 0.15) is 13.2 Å². The zero-order valence-electron chi connectivity index (χ0n) is 30.6. The van der Waals surface area contributed by atoms with Gasteiger partial charge in [-0.05, 0) is 32.1 Å². The molecule has 8 nitrogen and oxygen atoms in total. The molecule has 0 fully saturated rings. The zero-order chi connectivity index (χ0) is 34.4. The number of rotatable bonds is 33. The van der Waals surface area contributed by atoms with E-state index in [2.05, 4.69) is 31.3 Å². The van der Waals surface area contributed by atoms with Crippen LogP contribution in [-0.4, -0.2) is 73.4 Å². The highest BCUT2D eigenvalue weighted by Crippen LogP contribution is 2.43. The average molecular weight is 674 g/mol. The molecule has 9 heteroatoms. The Bertz CT molecular complexity index is 814. The lowest BCUT2D eigenvalue weighted by atomic mass is 10.0. The Balaban J connectivity index is 4.45. The maximum atomic E-state index is 12.6. The van der Waals surface area contributed by atoms with E-state index in [0.29, 0.717) is 17.4 Å². The number of phosphoric ester groups is 1. The van der Waals surface area contributed by atoms with Crippen LogP contribution in [0.3, 0.4) is 0 Å². The van der Waals surface area contributed by atoms with Crippen molar-refractivity contribution in [3.05, 3.63) is 24.3 Å². The molecule has 272 valence electrons. The average Bonchev–Trinajstić information content (AvgIpc) is 2.99. The summed E-state index contributed by atoms with van der Waals surface area (Å²) in [5, 5.41) is 13.6. The Kier molecular flexibility index (Phi) is 29.4. The summed E-state index contributed by atoms with van der Waals surface area (Å²) in [6.07, 6.45) is 32.7. The number of carbonyl (C=O) groups excluding carboxylic acids is 1. The molecule has 0 bridgehead atoms. The quantitative estimate of drug-likeness (QED) is 0.0278. The first-order valence-corrected chi connectivity index (χ1v) is 20.2. The molecule has 0 radical (unpaired) electrons. The van der Waals surface area contributed by atoms with E-state index < -0.39 is 20.0 Å². The molecule has 0 saturated heterocycles. The van der Waals surface area contributed by atoms with Crippen LogP contribution in [0.2, 0.25) is 0 Å². The van der Waals surface area contributed by atoms with E-state index in [4.69, 9.17) is 9.05 Å². The van der Waals surface area contributed by atoms with Gasteiger partial charge in [-0.1, -0.05) is 141 Å². The monoisotopic (exact) mass is 674 g/mol. The van der Waals surface area contributed by atoms with Crippen LogP contribution in [-0.2, 0) is 18.4 Å². The third kappa shape index (κ3) is 31.6. The van der Waals surface area contributed by atoms with Crippen molar-refractivity contribution in [3.63, 3.8) is 0 Å². The van der Waals surface area contributed by atoms with Gasteiger partial charge < -0.3 is 19.8 Å². The molecule has 0 aliphatic rings. The zero-order valence-corrected chi connectivity index (χ0v) is 31.5. The van der Waals surface area contributed by atoms with Gasteiger partial charge in [0.05, 0.1) is 39.9 Å². The molecule has 0 aliphatic heterocycles. The van der Waals surface area contributed by atoms with Gasteiger partial charge in [0, 0.05) is 6.42 Å². The van der Waals surface area contributed by atoms with Crippen molar-refractivity contribution < 1.29 is 32.9 Å². The lowest BCUT2D eigenvalue weighted by molar-refractivity contribution is -0.870. The summed E-state index contributed by atoms with van der Waals surface area (Å²) in [6, 6.07) is -0.854. The summed E-state index contributed by atoms with van der Waals surface area (Å²) in [5.41, 5.74) is 0. The predicted molar refractivity (Wildman–Crippen MR) is 194 cm³/mol. The number of hydrogen-bond acceptors (Lipinski definition) is 5. The molecule has 0 aliphatic carbocycles. The number of likely N-dealkylation sites (N-methyl/N-ethyl adjacent to an activating group) is 1. The largest absolute Gasteiger partial charge is 0.472 e. The maximum absolute atomic E-state index is 12.6. The second-order valence-electron chi connectivity index (χ2n) is 13.9. The van der Waals surface area contributed by atoms with Crippen LogP contribution in [0.15, 0.2) is 24.3 Å². The van der Waals surface area contributed by atoms with Gasteiger partial charge in [-0.25, -0.2) is 4.57 Å². The molecule has 0 aromatic heterocycles. The smallest absolute Gasteiger partial charge is 0.387 e. The van der Waals surface area contributed by atoms with Gasteiger partial charge in [0.15, 0.2) is 0 Å². The van der Waals surface area contributed by atoms with Gasteiger partial charge in [-0.2, -0.15) is 0 Å². The lowest BCUT2D eigenvalue weighted by Crippen LogP contribution is -2.45. The highest BCUT2D eigenvalue weighted by atomic mass is 31.2. The number of allylic oxidation sites excluding steroid dienone is 3. The van der Waals surface area contributed by atoms with Crippen LogP contribution in [0, 0.1) is 0 Å². The number of phosphoric acid groups is 1. The minimum Gasteiger partial charge on any atom is -0.387 e. The summed E-state index contributed by atoms with van der Waals surface area (Å²) in [6.45, 7) is 4.70. The molecule has 3 N–H and O–H groups in total. The van der Waals surface area contributed by atoms with Crippen LogP contribution >= 0.6 is 7.82 Å². The van der Waals surface area contributed by atoms with Crippen LogP contribution in [0.25, 0.3) is 0 Å². The number of aliphatic hydroxyl groups excluding tert-OH is 1.